The molecule has 1 aliphatic rings. The molecule has 1 fully saturated rings. The van der Waals surface area contributed by atoms with Crippen molar-refractivity contribution in [3.63, 3.8) is 0 Å². The van der Waals surface area contributed by atoms with Crippen LogP contribution in [-0.4, -0.2) is 23.4 Å². The van der Waals surface area contributed by atoms with Gasteiger partial charge in [0.2, 0.25) is 0 Å². The van der Waals surface area contributed by atoms with E-state index in [4.69, 9.17) is 0 Å². The van der Waals surface area contributed by atoms with Crippen LogP contribution in [-0.2, 0) is 0 Å². The van der Waals surface area contributed by atoms with E-state index in [1.165, 1.54) is 11.1 Å². The molecule has 0 unspecified atom stereocenters. The van der Waals surface area contributed by atoms with E-state index < -0.39 is 0 Å². The molecule has 3 rings (SSSR count). The lowest BCUT2D eigenvalue weighted by Crippen LogP contribution is -2.47. The van der Waals surface area contributed by atoms with E-state index in [2.05, 4.69) is 24.3 Å². The second-order valence-corrected chi connectivity index (χ2v) is 5.57. The van der Waals surface area contributed by atoms with Crippen molar-refractivity contribution >= 4 is 0 Å². The maximum atomic E-state index is 9.67. The maximum absolute atomic E-state index is 9.67. The zero-order chi connectivity index (χ0) is 13.9. The highest BCUT2D eigenvalue weighted by molar-refractivity contribution is 5.35. The smallest absolute Gasteiger partial charge is 0.0469 e. The number of benzene rings is 2. The third-order valence-corrected chi connectivity index (χ3v) is 4.65. The molecule has 2 N–H and O–H groups in total. The van der Waals surface area contributed by atoms with Gasteiger partial charge < -0.3 is 10.2 Å². The molecule has 2 aromatic rings. The van der Waals surface area contributed by atoms with Gasteiger partial charge in [-0.15, -0.1) is 0 Å². The van der Waals surface area contributed by atoms with E-state index in [0.717, 1.165) is 0 Å². The van der Waals surface area contributed by atoms with Crippen LogP contribution in [0.3, 0.4) is 0 Å². The normalized spacial score (nSPS) is 28.9. The molecule has 0 heterocycles. The summed E-state index contributed by atoms with van der Waals surface area (Å²) >= 11 is 0. The van der Waals surface area contributed by atoms with Gasteiger partial charge in [0.15, 0.2) is 0 Å². The highest BCUT2D eigenvalue weighted by Crippen LogP contribution is 2.57. The third-order valence-electron chi connectivity index (χ3n) is 4.65. The fourth-order valence-electron chi connectivity index (χ4n) is 3.68. The van der Waals surface area contributed by atoms with Crippen molar-refractivity contribution in [3.05, 3.63) is 71.8 Å². The Morgan fingerprint density at radius 2 is 0.950 bits per heavy atom. The van der Waals surface area contributed by atoms with Crippen LogP contribution in [0.1, 0.15) is 23.0 Å². The largest absolute Gasteiger partial charge is 0.396 e. The van der Waals surface area contributed by atoms with Gasteiger partial charge >= 0.3 is 0 Å². The lowest BCUT2D eigenvalue weighted by molar-refractivity contribution is -0.00315. The summed E-state index contributed by atoms with van der Waals surface area (Å²) in [5.74, 6) is 0.877. The summed E-state index contributed by atoms with van der Waals surface area (Å²) in [7, 11) is 0. The molecule has 1 aliphatic carbocycles. The molecule has 2 nitrogen and oxygen atoms in total. The first kappa shape index (κ1) is 13.3. The van der Waals surface area contributed by atoms with Gasteiger partial charge in [-0.1, -0.05) is 60.7 Å². The van der Waals surface area contributed by atoms with Crippen LogP contribution in [0, 0.1) is 11.8 Å². The van der Waals surface area contributed by atoms with Crippen molar-refractivity contribution in [3.8, 4) is 0 Å². The molecule has 0 spiro atoms. The Morgan fingerprint density at radius 1 is 0.600 bits per heavy atom. The summed E-state index contributed by atoms with van der Waals surface area (Å²) in [5, 5.41) is 19.3. The summed E-state index contributed by atoms with van der Waals surface area (Å²) in [6.45, 7) is 0.266. The SMILES string of the molecule is OC[C@@H]1[C@H](CO)[C@@H](c2ccccc2)[C@H]1c1ccccc1. The van der Waals surface area contributed by atoms with Crippen LogP contribution in [0.15, 0.2) is 60.7 Å². The molecular weight excluding hydrogens is 248 g/mol. The zero-order valence-corrected chi connectivity index (χ0v) is 11.4. The highest BCUT2D eigenvalue weighted by atomic mass is 16.3. The number of aliphatic hydroxyl groups is 2. The van der Waals surface area contributed by atoms with Crippen molar-refractivity contribution in [2.75, 3.05) is 13.2 Å². The lowest BCUT2D eigenvalue weighted by atomic mass is 9.53. The summed E-state index contributed by atoms with van der Waals surface area (Å²) < 4.78 is 0. The number of rotatable bonds is 4. The zero-order valence-electron chi connectivity index (χ0n) is 11.4. The van der Waals surface area contributed by atoms with Crippen molar-refractivity contribution in [2.45, 2.75) is 11.8 Å². The molecule has 0 amide bonds. The predicted octanol–water partition coefficient (Wildman–Crippen LogP) is 2.78. The Hall–Kier alpha value is -1.64. The minimum absolute atomic E-state index is 0.133. The summed E-state index contributed by atoms with van der Waals surface area (Å²) in [6, 6.07) is 20.7. The standard InChI is InChI=1S/C18H20O2/c19-11-15-16(12-20)18(14-9-5-2-6-10-14)17(15)13-7-3-1-4-8-13/h1-10,15-20H,11-12H2/t15-,16+,17+,18-. The van der Waals surface area contributed by atoms with Crippen molar-refractivity contribution in [1.82, 2.24) is 0 Å². The quantitative estimate of drug-likeness (QED) is 0.895. The number of aliphatic hydroxyl groups excluding tert-OH is 2. The minimum atomic E-state index is 0.133. The van der Waals surface area contributed by atoms with Crippen molar-refractivity contribution < 1.29 is 10.2 Å². The van der Waals surface area contributed by atoms with E-state index in [1.807, 2.05) is 36.4 Å². The molecule has 1 saturated carbocycles. The molecule has 4 atom stereocenters. The second-order valence-electron chi connectivity index (χ2n) is 5.57. The number of hydrogen-bond donors (Lipinski definition) is 2. The van der Waals surface area contributed by atoms with E-state index in [0.29, 0.717) is 11.8 Å². The predicted molar refractivity (Wildman–Crippen MR) is 79.5 cm³/mol. The molecule has 20 heavy (non-hydrogen) atoms. The summed E-state index contributed by atoms with van der Waals surface area (Å²) in [5.41, 5.74) is 2.51. The Balaban J connectivity index is 1.97. The topological polar surface area (TPSA) is 40.5 Å². The molecule has 2 aromatic carbocycles. The van der Waals surface area contributed by atoms with Gasteiger partial charge in [-0.3, -0.25) is 0 Å². The second kappa shape index (κ2) is 5.78. The first-order valence-corrected chi connectivity index (χ1v) is 7.18. The van der Waals surface area contributed by atoms with Crippen LogP contribution >= 0.6 is 0 Å². The van der Waals surface area contributed by atoms with Crippen LogP contribution < -0.4 is 0 Å². The molecule has 0 aliphatic heterocycles. The monoisotopic (exact) mass is 268 g/mol. The first-order chi connectivity index (χ1) is 9.86. The van der Waals surface area contributed by atoms with Gasteiger partial charge in [0, 0.05) is 13.2 Å². The molecule has 0 saturated heterocycles. The van der Waals surface area contributed by atoms with E-state index in [9.17, 15) is 10.2 Å². The molecular formula is C18H20O2. The fraction of sp³-hybridized carbons (Fsp3) is 0.333. The van der Waals surface area contributed by atoms with Gasteiger partial charge in [0.05, 0.1) is 0 Å². The average molecular weight is 268 g/mol. The summed E-state index contributed by atoms with van der Waals surface area (Å²) in [6.07, 6.45) is 0. The van der Waals surface area contributed by atoms with Crippen LogP contribution in [0.2, 0.25) is 0 Å². The Labute approximate surface area is 119 Å². The minimum Gasteiger partial charge on any atom is -0.396 e. The van der Waals surface area contributed by atoms with E-state index in [1.54, 1.807) is 0 Å². The number of hydrogen-bond acceptors (Lipinski definition) is 2. The molecule has 0 aromatic heterocycles. The van der Waals surface area contributed by atoms with Crippen LogP contribution in [0.5, 0.6) is 0 Å². The van der Waals surface area contributed by atoms with E-state index >= 15 is 0 Å². The Bertz CT molecular complexity index is 486. The highest BCUT2D eigenvalue weighted by Gasteiger charge is 2.50. The van der Waals surface area contributed by atoms with Crippen LogP contribution in [0.4, 0.5) is 0 Å². The van der Waals surface area contributed by atoms with Gasteiger partial charge in [-0.2, -0.15) is 0 Å². The first-order valence-electron chi connectivity index (χ1n) is 7.18. The van der Waals surface area contributed by atoms with Crippen LogP contribution in [0.25, 0.3) is 0 Å². The lowest BCUT2D eigenvalue weighted by Gasteiger charge is -2.51. The Kier molecular flexibility index (Phi) is 3.86. The molecule has 0 bridgehead atoms. The summed E-state index contributed by atoms with van der Waals surface area (Å²) in [4.78, 5) is 0. The van der Waals surface area contributed by atoms with E-state index in [-0.39, 0.29) is 25.0 Å². The maximum Gasteiger partial charge on any atom is 0.0469 e. The average Bonchev–Trinajstić information content (AvgIpc) is 2.49. The third kappa shape index (κ3) is 2.15. The molecule has 2 heteroatoms. The van der Waals surface area contributed by atoms with Crippen molar-refractivity contribution in [2.24, 2.45) is 11.8 Å². The van der Waals surface area contributed by atoms with Gasteiger partial charge in [-0.05, 0) is 34.8 Å². The van der Waals surface area contributed by atoms with Crippen molar-refractivity contribution in [1.29, 1.82) is 0 Å². The Morgan fingerprint density at radius 3 is 1.25 bits per heavy atom. The molecule has 104 valence electrons. The molecule has 0 radical (unpaired) electrons. The van der Waals surface area contributed by atoms with Gasteiger partial charge in [-0.25, -0.2) is 0 Å². The van der Waals surface area contributed by atoms with Gasteiger partial charge in [0.1, 0.15) is 0 Å². The van der Waals surface area contributed by atoms with Gasteiger partial charge in [0.25, 0.3) is 0 Å². The fourth-order valence-corrected chi connectivity index (χ4v) is 3.68.